The van der Waals surface area contributed by atoms with Crippen molar-refractivity contribution in [2.24, 2.45) is 0 Å². The molecule has 0 radical (unpaired) electrons. The molecule has 0 saturated heterocycles. The Kier molecular flexibility index (Phi) is 9.40. The van der Waals surface area contributed by atoms with E-state index < -0.39 is 43.7 Å². The van der Waals surface area contributed by atoms with Gasteiger partial charge in [-0.05, 0) is 47.5 Å². The highest BCUT2D eigenvalue weighted by atomic mass is 19.4. The van der Waals surface area contributed by atoms with Gasteiger partial charge in [0, 0.05) is 24.8 Å². The molecule has 3 aromatic carbocycles. The highest BCUT2D eigenvalue weighted by molar-refractivity contribution is 5.51. The number of rotatable bonds is 11. The molecule has 12 heteroatoms. The zero-order chi connectivity index (χ0) is 27.9. The van der Waals surface area contributed by atoms with Gasteiger partial charge in [-0.2, -0.15) is 30.7 Å². The minimum absolute atomic E-state index is 0.115. The Labute approximate surface area is 212 Å². The molecule has 0 fully saturated rings. The maximum Gasteiger partial charge on any atom is 0.416 e. The summed E-state index contributed by atoms with van der Waals surface area (Å²) >= 11 is 0. The van der Waals surface area contributed by atoms with Crippen LogP contribution in [0.5, 0.6) is 11.5 Å². The summed E-state index contributed by atoms with van der Waals surface area (Å²) in [5.74, 6) is -0.0181. The molecule has 0 spiro atoms. The third-order valence-electron chi connectivity index (χ3n) is 5.23. The Morgan fingerprint density at radius 2 is 1.39 bits per heavy atom. The standard InChI is InChI=1S/C26H22F9NO2/c27-23(28)24(29)38-22-9-2-4-17(13-22)15-36(11-10-25(30,31)32)20-7-3-8-21(14-20)37-16-18-5-1-6-19(12-18)26(33,34)35/h1-9,12-14,23-24H,10-11,15-16H2. The minimum atomic E-state index is -4.53. The van der Waals surface area contributed by atoms with E-state index >= 15 is 0 Å². The normalized spacial score (nSPS) is 12.9. The average Bonchev–Trinajstić information content (AvgIpc) is 2.85. The van der Waals surface area contributed by atoms with Crippen LogP contribution in [0.4, 0.5) is 45.2 Å². The maximum absolute atomic E-state index is 13.3. The molecule has 0 saturated carbocycles. The molecule has 0 N–H and O–H groups in total. The van der Waals surface area contributed by atoms with Crippen molar-refractivity contribution in [2.75, 3.05) is 11.4 Å². The van der Waals surface area contributed by atoms with Gasteiger partial charge in [-0.1, -0.05) is 30.3 Å². The third-order valence-corrected chi connectivity index (χ3v) is 5.23. The number of benzene rings is 3. The number of hydrogen-bond acceptors (Lipinski definition) is 3. The summed E-state index contributed by atoms with van der Waals surface area (Å²) in [6.45, 7) is -0.811. The van der Waals surface area contributed by atoms with Gasteiger partial charge >= 0.3 is 18.8 Å². The fraction of sp³-hybridized carbons (Fsp3) is 0.308. The van der Waals surface area contributed by atoms with Crippen molar-refractivity contribution in [2.45, 2.75) is 44.7 Å². The molecule has 0 bridgehead atoms. The Morgan fingerprint density at radius 1 is 0.737 bits per heavy atom. The Bertz CT molecular complexity index is 1180. The first-order chi connectivity index (χ1) is 17.8. The van der Waals surface area contributed by atoms with Crippen LogP contribution in [0.2, 0.25) is 0 Å². The molecule has 0 aliphatic rings. The lowest BCUT2D eigenvalue weighted by atomic mass is 10.1. The molecule has 38 heavy (non-hydrogen) atoms. The van der Waals surface area contributed by atoms with E-state index in [1.807, 2.05) is 0 Å². The van der Waals surface area contributed by atoms with Crippen LogP contribution in [0.1, 0.15) is 23.1 Å². The van der Waals surface area contributed by atoms with Crippen LogP contribution in [0.25, 0.3) is 0 Å². The van der Waals surface area contributed by atoms with Gasteiger partial charge in [-0.25, -0.2) is 8.78 Å². The maximum atomic E-state index is 13.3. The van der Waals surface area contributed by atoms with Crippen LogP contribution in [-0.4, -0.2) is 25.5 Å². The number of nitrogens with zero attached hydrogens (tertiary/aromatic N) is 1. The lowest BCUT2D eigenvalue weighted by molar-refractivity contribution is -0.137. The van der Waals surface area contributed by atoms with Gasteiger partial charge in [0.15, 0.2) is 0 Å². The highest BCUT2D eigenvalue weighted by Crippen LogP contribution is 2.31. The van der Waals surface area contributed by atoms with Gasteiger partial charge in [0.05, 0.1) is 12.0 Å². The van der Waals surface area contributed by atoms with E-state index in [9.17, 15) is 39.5 Å². The van der Waals surface area contributed by atoms with Crippen molar-refractivity contribution < 1.29 is 49.0 Å². The molecule has 206 valence electrons. The highest BCUT2D eigenvalue weighted by Gasteiger charge is 2.30. The van der Waals surface area contributed by atoms with E-state index in [4.69, 9.17) is 4.74 Å². The summed E-state index contributed by atoms with van der Waals surface area (Å²) in [5.41, 5.74) is 0.0648. The third kappa shape index (κ3) is 9.07. The molecule has 0 aliphatic heterocycles. The molecule has 0 heterocycles. The summed E-state index contributed by atoms with van der Waals surface area (Å²) < 4.78 is 126. The van der Waals surface area contributed by atoms with Gasteiger partial charge in [0.1, 0.15) is 18.1 Å². The molecule has 1 unspecified atom stereocenters. The van der Waals surface area contributed by atoms with E-state index in [1.54, 1.807) is 0 Å². The second-order valence-electron chi connectivity index (χ2n) is 8.22. The fourth-order valence-electron chi connectivity index (χ4n) is 3.45. The van der Waals surface area contributed by atoms with Crippen LogP contribution in [0.3, 0.4) is 0 Å². The largest absolute Gasteiger partial charge is 0.489 e. The zero-order valence-corrected chi connectivity index (χ0v) is 19.6. The summed E-state index contributed by atoms with van der Waals surface area (Å²) in [6, 6.07) is 15.9. The monoisotopic (exact) mass is 551 g/mol. The van der Waals surface area contributed by atoms with Crippen molar-refractivity contribution in [3.63, 3.8) is 0 Å². The first kappa shape index (κ1) is 29.0. The van der Waals surface area contributed by atoms with Crippen LogP contribution < -0.4 is 14.4 Å². The molecule has 1 atom stereocenters. The Morgan fingerprint density at radius 3 is 2.08 bits per heavy atom. The summed E-state index contributed by atoms with van der Waals surface area (Å²) in [4.78, 5) is 1.35. The minimum Gasteiger partial charge on any atom is -0.489 e. The zero-order valence-electron chi connectivity index (χ0n) is 19.6. The fourth-order valence-corrected chi connectivity index (χ4v) is 3.45. The van der Waals surface area contributed by atoms with E-state index in [0.29, 0.717) is 11.3 Å². The van der Waals surface area contributed by atoms with E-state index in [0.717, 1.165) is 12.1 Å². The molecular weight excluding hydrogens is 529 g/mol. The van der Waals surface area contributed by atoms with Gasteiger partial charge in [0.2, 0.25) is 0 Å². The number of hydrogen-bond donors (Lipinski definition) is 0. The predicted octanol–water partition coefficient (Wildman–Crippen LogP) is 8.18. The first-order valence-electron chi connectivity index (χ1n) is 11.2. The van der Waals surface area contributed by atoms with E-state index in [-0.39, 0.29) is 30.2 Å². The summed E-state index contributed by atoms with van der Waals surface area (Å²) in [7, 11) is 0. The number of alkyl halides is 9. The summed E-state index contributed by atoms with van der Waals surface area (Å²) in [6.07, 6.45) is -16.4. The summed E-state index contributed by atoms with van der Waals surface area (Å²) in [5, 5.41) is 0. The molecule has 0 amide bonds. The van der Waals surface area contributed by atoms with Crippen LogP contribution >= 0.6 is 0 Å². The smallest absolute Gasteiger partial charge is 0.416 e. The Hall–Kier alpha value is -3.57. The van der Waals surface area contributed by atoms with Gasteiger partial charge in [0.25, 0.3) is 6.36 Å². The van der Waals surface area contributed by atoms with Crippen LogP contribution in [0.15, 0.2) is 72.8 Å². The van der Waals surface area contributed by atoms with Crippen molar-refractivity contribution in [3.05, 3.63) is 89.5 Å². The molecule has 3 nitrogen and oxygen atoms in total. The number of anilines is 1. The molecule has 0 aromatic heterocycles. The molecule has 3 rings (SSSR count). The number of ether oxygens (including phenoxy) is 2. The second-order valence-corrected chi connectivity index (χ2v) is 8.22. The number of halogens is 9. The van der Waals surface area contributed by atoms with Gasteiger partial charge in [-0.15, -0.1) is 0 Å². The quantitative estimate of drug-likeness (QED) is 0.224. The van der Waals surface area contributed by atoms with Crippen molar-refractivity contribution in [1.29, 1.82) is 0 Å². The van der Waals surface area contributed by atoms with Gasteiger partial charge in [-0.3, -0.25) is 0 Å². The Balaban J connectivity index is 1.78. The van der Waals surface area contributed by atoms with Crippen LogP contribution in [0, 0.1) is 0 Å². The first-order valence-corrected chi connectivity index (χ1v) is 11.2. The second kappa shape index (κ2) is 12.3. The van der Waals surface area contributed by atoms with Crippen molar-refractivity contribution >= 4 is 5.69 Å². The molecular formula is C26H22F9NO2. The lowest BCUT2D eigenvalue weighted by Gasteiger charge is -2.26. The van der Waals surface area contributed by atoms with Crippen molar-refractivity contribution in [1.82, 2.24) is 0 Å². The van der Waals surface area contributed by atoms with Gasteiger partial charge < -0.3 is 14.4 Å². The SMILES string of the molecule is FC(F)C(F)Oc1cccc(CN(CCC(F)(F)F)c2cccc(OCc3cccc(C(F)(F)F)c3)c2)c1. The lowest BCUT2D eigenvalue weighted by Crippen LogP contribution is -2.28. The topological polar surface area (TPSA) is 21.7 Å². The van der Waals surface area contributed by atoms with Crippen molar-refractivity contribution in [3.8, 4) is 11.5 Å². The van der Waals surface area contributed by atoms with E-state index in [1.165, 1.54) is 65.6 Å². The van der Waals surface area contributed by atoms with E-state index in [2.05, 4.69) is 4.74 Å². The van der Waals surface area contributed by atoms with Crippen LogP contribution in [-0.2, 0) is 19.3 Å². The average molecular weight is 551 g/mol. The predicted molar refractivity (Wildman–Crippen MR) is 122 cm³/mol. The molecule has 0 aliphatic carbocycles. The molecule has 3 aromatic rings.